The number of anilines is 1. The summed E-state index contributed by atoms with van der Waals surface area (Å²) in [7, 11) is 1.61. The SMILES string of the molecule is COc1ccc(NC(N)=NCCNC(=O)OC(C)(C)C)cc1.I. The smallest absolute Gasteiger partial charge is 0.407 e. The van der Waals surface area contributed by atoms with E-state index in [2.05, 4.69) is 15.6 Å². The number of carbonyl (C=O) groups excluding carboxylic acids is 1. The number of nitrogens with one attached hydrogen (secondary N) is 2. The molecule has 4 N–H and O–H groups in total. The van der Waals surface area contributed by atoms with E-state index in [4.69, 9.17) is 15.2 Å². The first-order chi connectivity index (χ1) is 10.3. The average Bonchev–Trinajstić information content (AvgIpc) is 2.42. The van der Waals surface area contributed by atoms with E-state index in [-0.39, 0.29) is 29.9 Å². The fourth-order valence-electron chi connectivity index (χ4n) is 1.51. The lowest BCUT2D eigenvalue weighted by Crippen LogP contribution is -2.34. The molecule has 0 aliphatic heterocycles. The first-order valence-electron chi connectivity index (χ1n) is 6.98. The van der Waals surface area contributed by atoms with Crippen molar-refractivity contribution in [3.05, 3.63) is 24.3 Å². The van der Waals surface area contributed by atoms with Gasteiger partial charge in [0.25, 0.3) is 0 Å². The maximum absolute atomic E-state index is 11.4. The minimum atomic E-state index is -0.512. The van der Waals surface area contributed by atoms with Crippen molar-refractivity contribution in [2.45, 2.75) is 26.4 Å². The van der Waals surface area contributed by atoms with Crippen LogP contribution in [-0.4, -0.2) is 37.9 Å². The van der Waals surface area contributed by atoms with Crippen LogP contribution in [-0.2, 0) is 4.74 Å². The largest absolute Gasteiger partial charge is 0.497 e. The van der Waals surface area contributed by atoms with Crippen molar-refractivity contribution in [1.29, 1.82) is 0 Å². The molecule has 7 nitrogen and oxygen atoms in total. The monoisotopic (exact) mass is 436 g/mol. The second-order valence-electron chi connectivity index (χ2n) is 5.55. The van der Waals surface area contributed by atoms with E-state index in [9.17, 15) is 4.79 Å². The first kappa shape index (κ1) is 21.3. The molecule has 23 heavy (non-hydrogen) atoms. The molecule has 0 aromatic heterocycles. The van der Waals surface area contributed by atoms with Gasteiger partial charge in [0.1, 0.15) is 11.4 Å². The molecule has 0 unspecified atom stereocenters. The maximum Gasteiger partial charge on any atom is 0.407 e. The predicted molar refractivity (Wildman–Crippen MR) is 103 cm³/mol. The number of rotatable bonds is 5. The van der Waals surface area contributed by atoms with Gasteiger partial charge >= 0.3 is 6.09 Å². The number of hydrogen-bond donors (Lipinski definition) is 3. The summed E-state index contributed by atoms with van der Waals surface area (Å²) in [5.41, 5.74) is 6.05. The van der Waals surface area contributed by atoms with Gasteiger partial charge in [0.2, 0.25) is 0 Å². The molecule has 0 aliphatic rings. The zero-order valence-corrected chi connectivity index (χ0v) is 16.2. The van der Waals surface area contributed by atoms with Crippen LogP contribution in [0.15, 0.2) is 29.3 Å². The molecule has 1 rings (SSSR count). The summed E-state index contributed by atoms with van der Waals surface area (Å²) in [5.74, 6) is 1.04. The van der Waals surface area contributed by atoms with Crippen LogP contribution < -0.4 is 21.1 Å². The molecule has 1 aromatic rings. The highest BCUT2D eigenvalue weighted by molar-refractivity contribution is 14.0. The van der Waals surface area contributed by atoms with Crippen molar-refractivity contribution in [2.75, 3.05) is 25.5 Å². The van der Waals surface area contributed by atoms with Crippen LogP contribution in [0.3, 0.4) is 0 Å². The fraction of sp³-hybridized carbons (Fsp3) is 0.467. The number of nitrogens with two attached hydrogens (primary N) is 1. The van der Waals surface area contributed by atoms with E-state index in [0.29, 0.717) is 13.1 Å². The second-order valence-corrected chi connectivity index (χ2v) is 5.55. The standard InChI is InChI=1S/C15H24N4O3.HI/c1-15(2,3)22-14(20)18-10-9-17-13(16)19-11-5-7-12(21-4)8-6-11;/h5-8H,9-10H2,1-4H3,(H,18,20)(H3,16,17,19);1H. The third-order valence-corrected chi connectivity index (χ3v) is 2.42. The molecule has 0 bridgehead atoms. The Labute approximate surface area is 154 Å². The number of hydrogen-bond acceptors (Lipinski definition) is 4. The fourth-order valence-corrected chi connectivity index (χ4v) is 1.51. The number of carbonyl (C=O) groups is 1. The molecule has 130 valence electrons. The molecule has 0 aliphatic carbocycles. The summed E-state index contributed by atoms with van der Waals surface area (Å²) in [6.07, 6.45) is -0.468. The van der Waals surface area contributed by atoms with E-state index >= 15 is 0 Å². The number of halogens is 1. The predicted octanol–water partition coefficient (Wildman–Crippen LogP) is 2.56. The Morgan fingerprint density at radius 1 is 1.26 bits per heavy atom. The minimum Gasteiger partial charge on any atom is -0.497 e. The first-order valence-corrected chi connectivity index (χ1v) is 6.98. The Morgan fingerprint density at radius 2 is 1.87 bits per heavy atom. The van der Waals surface area contributed by atoms with Crippen LogP contribution in [0.4, 0.5) is 10.5 Å². The van der Waals surface area contributed by atoms with Crippen LogP contribution in [0.25, 0.3) is 0 Å². The van der Waals surface area contributed by atoms with Crippen molar-refractivity contribution in [3.8, 4) is 5.75 Å². The second kappa shape index (κ2) is 10.1. The molecule has 0 spiro atoms. The lowest BCUT2D eigenvalue weighted by molar-refractivity contribution is 0.0529. The van der Waals surface area contributed by atoms with Gasteiger partial charge in [-0.2, -0.15) is 0 Å². The van der Waals surface area contributed by atoms with Gasteiger partial charge in [-0.05, 0) is 45.0 Å². The summed E-state index contributed by atoms with van der Waals surface area (Å²) in [5, 5.41) is 5.55. The lowest BCUT2D eigenvalue weighted by Gasteiger charge is -2.19. The third kappa shape index (κ3) is 9.82. The van der Waals surface area contributed by atoms with Gasteiger partial charge in [-0.3, -0.25) is 4.99 Å². The van der Waals surface area contributed by atoms with Gasteiger partial charge in [0, 0.05) is 12.2 Å². The van der Waals surface area contributed by atoms with E-state index in [1.807, 2.05) is 45.0 Å². The number of amides is 1. The summed E-state index contributed by atoms with van der Waals surface area (Å²) >= 11 is 0. The van der Waals surface area contributed by atoms with E-state index < -0.39 is 11.7 Å². The highest BCUT2D eigenvalue weighted by atomic mass is 127. The van der Waals surface area contributed by atoms with Crippen molar-refractivity contribution in [2.24, 2.45) is 10.7 Å². The van der Waals surface area contributed by atoms with Crippen molar-refractivity contribution in [3.63, 3.8) is 0 Å². The Bertz CT molecular complexity index is 512. The summed E-state index contributed by atoms with van der Waals surface area (Å²) < 4.78 is 10.2. The van der Waals surface area contributed by atoms with Crippen molar-refractivity contribution in [1.82, 2.24) is 5.32 Å². The van der Waals surface area contributed by atoms with E-state index in [0.717, 1.165) is 11.4 Å². The quantitative estimate of drug-likeness (QED) is 0.285. The van der Waals surface area contributed by atoms with Crippen molar-refractivity contribution < 1.29 is 14.3 Å². The molecule has 1 aromatic carbocycles. The number of benzene rings is 1. The van der Waals surface area contributed by atoms with Crippen LogP contribution in [0.1, 0.15) is 20.8 Å². The minimum absolute atomic E-state index is 0. The molecule has 0 saturated heterocycles. The molecule has 0 fully saturated rings. The summed E-state index contributed by atoms with van der Waals surface area (Å²) in [6.45, 7) is 6.12. The molecule has 1 amide bonds. The topological polar surface area (TPSA) is 98.0 Å². The number of alkyl carbamates (subject to hydrolysis) is 1. The van der Waals surface area contributed by atoms with Gasteiger partial charge in [-0.25, -0.2) is 4.79 Å². The van der Waals surface area contributed by atoms with Gasteiger partial charge in [-0.15, -0.1) is 24.0 Å². The number of methoxy groups -OCH3 is 1. The summed E-state index contributed by atoms with van der Waals surface area (Å²) in [6, 6.07) is 7.31. The van der Waals surface area contributed by atoms with Gasteiger partial charge in [-0.1, -0.05) is 0 Å². The molecular formula is C15H25IN4O3. The average molecular weight is 436 g/mol. The molecule has 8 heteroatoms. The third-order valence-electron chi connectivity index (χ3n) is 2.42. The zero-order valence-electron chi connectivity index (χ0n) is 13.9. The maximum atomic E-state index is 11.4. The van der Waals surface area contributed by atoms with Crippen LogP contribution in [0.5, 0.6) is 5.75 Å². The van der Waals surface area contributed by atoms with Crippen LogP contribution in [0.2, 0.25) is 0 Å². The van der Waals surface area contributed by atoms with Gasteiger partial charge < -0.3 is 25.8 Å². The molecule has 0 saturated carbocycles. The zero-order chi connectivity index (χ0) is 16.6. The Hall–Kier alpha value is -1.71. The number of aliphatic imine (C=N–C) groups is 1. The Morgan fingerprint density at radius 3 is 2.39 bits per heavy atom. The van der Waals surface area contributed by atoms with Gasteiger partial charge in [0.15, 0.2) is 5.96 Å². The Balaban J connectivity index is 0.00000484. The van der Waals surface area contributed by atoms with Crippen molar-refractivity contribution >= 4 is 41.7 Å². The van der Waals surface area contributed by atoms with Gasteiger partial charge in [0.05, 0.1) is 13.7 Å². The molecule has 0 radical (unpaired) electrons. The normalized spacial score (nSPS) is 11.2. The van der Waals surface area contributed by atoms with E-state index in [1.165, 1.54) is 0 Å². The summed E-state index contributed by atoms with van der Waals surface area (Å²) in [4.78, 5) is 15.5. The molecular weight excluding hydrogens is 411 g/mol. The highest BCUT2D eigenvalue weighted by Gasteiger charge is 2.15. The number of nitrogens with zero attached hydrogens (tertiary/aromatic N) is 1. The molecule has 0 heterocycles. The van der Waals surface area contributed by atoms with E-state index in [1.54, 1.807) is 7.11 Å². The number of ether oxygens (including phenoxy) is 2. The van der Waals surface area contributed by atoms with Crippen LogP contribution >= 0.6 is 24.0 Å². The highest BCUT2D eigenvalue weighted by Crippen LogP contribution is 2.14. The lowest BCUT2D eigenvalue weighted by atomic mass is 10.2. The molecule has 0 atom stereocenters. The Kier molecular flexibility index (Phi) is 9.38. The number of guanidine groups is 1. The van der Waals surface area contributed by atoms with Crippen LogP contribution in [0, 0.1) is 0 Å².